The standard InChI is InChI=1S/C26H36N4O3/c1-8-17(4)30(25(31)19-9-12-32-18(19)5)11-10-28-24-21(14-27)20-13-26(6,7)33-15-22(20)23(29-24)16(2)3/h9,12,16-17H,8,10-11,13,15H2,1-7H3,(H,28,29)/t17-/m0/s1. The van der Waals surface area contributed by atoms with E-state index in [1.54, 1.807) is 19.3 Å². The second-order valence-electron chi connectivity index (χ2n) is 9.74. The second kappa shape index (κ2) is 9.96. The number of amides is 1. The number of aryl methyl sites for hydroxylation is 1. The zero-order valence-electron chi connectivity index (χ0n) is 20.9. The van der Waals surface area contributed by atoms with Gasteiger partial charge in [0.15, 0.2) is 0 Å². The smallest absolute Gasteiger partial charge is 0.257 e. The number of furan rings is 1. The Morgan fingerprint density at radius 1 is 1.33 bits per heavy atom. The molecular formula is C26H36N4O3. The number of hydrogen-bond donors (Lipinski definition) is 1. The van der Waals surface area contributed by atoms with E-state index in [1.165, 1.54) is 0 Å². The highest BCUT2D eigenvalue weighted by molar-refractivity contribution is 5.95. The number of nitriles is 1. The summed E-state index contributed by atoms with van der Waals surface area (Å²) in [6, 6.07) is 4.17. The number of anilines is 1. The van der Waals surface area contributed by atoms with E-state index < -0.39 is 0 Å². The number of rotatable bonds is 8. The minimum atomic E-state index is -0.326. The number of fused-ring (bicyclic) bond motifs is 1. The van der Waals surface area contributed by atoms with Crippen LogP contribution < -0.4 is 5.32 Å². The van der Waals surface area contributed by atoms with Gasteiger partial charge in [-0.05, 0) is 51.7 Å². The molecule has 0 spiro atoms. The molecule has 1 aliphatic rings. The molecule has 33 heavy (non-hydrogen) atoms. The van der Waals surface area contributed by atoms with Gasteiger partial charge >= 0.3 is 0 Å². The minimum absolute atomic E-state index is 0.0434. The number of aromatic nitrogens is 1. The van der Waals surface area contributed by atoms with Crippen molar-refractivity contribution in [1.82, 2.24) is 9.88 Å². The predicted molar refractivity (Wildman–Crippen MR) is 128 cm³/mol. The fourth-order valence-electron chi connectivity index (χ4n) is 4.32. The van der Waals surface area contributed by atoms with Crippen LogP contribution in [0.1, 0.15) is 92.4 Å². The van der Waals surface area contributed by atoms with Crippen molar-refractivity contribution in [3.8, 4) is 6.07 Å². The van der Waals surface area contributed by atoms with Crippen molar-refractivity contribution in [2.75, 3.05) is 18.4 Å². The van der Waals surface area contributed by atoms with Gasteiger partial charge in [-0.1, -0.05) is 20.8 Å². The quantitative estimate of drug-likeness (QED) is 0.593. The van der Waals surface area contributed by atoms with Crippen LogP contribution in [0.4, 0.5) is 5.82 Å². The van der Waals surface area contributed by atoms with Crippen LogP contribution in [0.3, 0.4) is 0 Å². The monoisotopic (exact) mass is 452 g/mol. The van der Waals surface area contributed by atoms with Gasteiger partial charge in [-0.3, -0.25) is 4.79 Å². The van der Waals surface area contributed by atoms with Crippen molar-refractivity contribution in [2.45, 2.75) is 85.5 Å². The maximum Gasteiger partial charge on any atom is 0.257 e. The van der Waals surface area contributed by atoms with Gasteiger partial charge in [-0.25, -0.2) is 4.98 Å². The fourth-order valence-corrected chi connectivity index (χ4v) is 4.32. The summed E-state index contributed by atoms with van der Waals surface area (Å²) in [5, 5.41) is 13.4. The van der Waals surface area contributed by atoms with Crippen LogP contribution in [-0.2, 0) is 17.8 Å². The van der Waals surface area contributed by atoms with E-state index in [4.69, 9.17) is 14.1 Å². The Morgan fingerprint density at radius 3 is 2.64 bits per heavy atom. The zero-order valence-corrected chi connectivity index (χ0v) is 20.9. The third kappa shape index (κ3) is 5.22. The molecule has 1 N–H and O–H groups in total. The number of carbonyl (C=O) groups excluding carboxylic acids is 1. The molecule has 2 aromatic rings. The Kier molecular flexibility index (Phi) is 7.48. The van der Waals surface area contributed by atoms with E-state index in [2.05, 4.69) is 32.2 Å². The molecule has 1 amide bonds. The van der Waals surface area contributed by atoms with Gasteiger partial charge in [-0.15, -0.1) is 0 Å². The van der Waals surface area contributed by atoms with Crippen molar-refractivity contribution in [1.29, 1.82) is 5.26 Å². The van der Waals surface area contributed by atoms with E-state index in [0.717, 1.165) is 23.2 Å². The molecule has 0 fully saturated rings. The van der Waals surface area contributed by atoms with E-state index in [0.29, 0.717) is 48.8 Å². The van der Waals surface area contributed by atoms with Gasteiger partial charge in [0.2, 0.25) is 0 Å². The Balaban J connectivity index is 1.87. The average molecular weight is 453 g/mol. The van der Waals surface area contributed by atoms with Crippen molar-refractivity contribution in [3.63, 3.8) is 0 Å². The van der Waals surface area contributed by atoms with E-state index in [1.807, 2.05) is 25.7 Å². The molecule has 0 radical (unpaired) electrons. The number of ether oxygens (including phenoxy) is 1. The minimum Gasteiger partial charge on any atom is -0.469 e. The Morgan fingerprint density at radius 2 is 2.06 bits per heavy atom. The summed E-state index contributed by atoms with van der Waals surface area (Å²) in [5.41, 5.74) is 3.87. The van der Waals surface area contributed by atoms with Crippen LogP contribution in [0, 0.1) is 18.3 Å². The van der Waals surface area contributed by atoms with Crippen LogP contribution in [0.15, 0.2) is 16.7 Å². The molecule has 0 saturated carbocycles. The zero-order chi connectivity index (χ0) is 24.3. The van der Waals surface area contributed by atoms with Gasteiger partial charge in [0.05, 0.1) is 35.3 Å². The Labute approximate surface area is 197 Å². The molecule has 0 unspecified atom stereocenters. The van der Waals surface area contributed by atoms with Gasteiger partial charge in [0.25, 0.3) is 5.91 Å². The Hall–Kier alpha value is -2.85. The lowest BCUT2D eigenvalue weighted by Crippen LogP contribution is -2.41. The van der Waals surface area contributed by atoms with Crippen LogP contribution in [0.5, 0.6) is 0 Å². The summed E-state index contributed by atoms with van der Waals surface area (Å²) < 4.78 is 11.4. The molecule has 7 nitrogen and oxygen atoms in total. The van der Waals surface area contributed by atoms with Crippen molar-refractivity contribution >= 4 is 11.7 Å². The number of hydrogen-bond acceptors (Lipinski definition) is 6. The molecule has 0 aliphatic carbocycles. The fraction of sp³-hybridized carbons (Fsp3) is 0.577. The third-order valence-electron chi connectivity index (χ3n) is 6.43. The lowest BCUT2D eigenvalue weighted by atomic mass is 9.86. The molecule has 0 aromatic carbocycles. The summed E-state index contributed by atoms with van der Waals surface area (Å²) in [7, 11) is 0. The summed E-state index contributed by atoms with van der Waals surface area (Å²) in [5.74, 6) is 1.38. The van der Waals surface area contributed by atoms with Crippen molar-refractivity contribution < 1.29 is 13.9 Å². The van der Waals surface area contributed by atoms with Gasteiger partial charge in [0, 0.05) is 31.1 Å². The molecule has 3 heterocycles. The first-order valence-corrected chi connectivity index (χ1v) is 11.8. The molecule has 178 valence electrons. The largest absolute Gasteiger partial charge is 0.469 e. The molecular weight excluding hydrogens is 416 g/mol. The summed E-state index contributed by atoms with van der Waals surface area (Å²) in [6.45, 7) is 15.7. The topological polar surface area (TPSA) is 91.4 Å². The van der Waals surface area contributed by atoms with Gasteiger partial charge in [-0.2, -0.15) is 5.26 Å². The highest BCUT2D eigenvalue weighted by Gasteiger charge is 2.32. The number of nitrogens with one attached hydrogen (secondary N) is 1. The molecule has 2 aromatic heterocycles. The maximum absolute atomic E-state index is 13.2. The summed E-state index contributed by atoms with van der Waals surface area (Å²) >= 11 is 0. The third-order valence-corrected chi connectivity index (χ3v) is 6.43. The molecule has 0 saturated heterocycles. The van der Waals surface area contributed by atoms with E-state index in [9.17, 15) is 10.1 Å². The molecule has 0 bridgehead atoms. The van der Waals surface area contributed by atoms with E-state index in [-0.39, 0.29) is 23.5 Å². The average Bonchev–Trinajstić information content (AvgIpc) is 3.20. The molecule has 1 atom stereocenters. The number of nitrogens with zero attached hydrogens (tertiary/aromatic N) is 3. The predicted octanol–water partition coefficient (Wildman–Crippen LogP) is 5.18. The highest BCUT2D eigenvalue weighted by Crippen LogP contribution is 2.36. The second-order valence-corrected chi connectivity index (χ2v) is 9.74. The molecule has 3 rings (SSSR count). The van der Waals surface area contributed by atoms with Crippen LogP contribution in [0.25, 0.3) is 0 Å². The van der Waals surface area contributed by atoms with Gasteiger partial charge < -0.3 is 19.4 Å². The van der Waals surface area contributed by atoms with Crippen LogP contribution in [0.2, 0.25) is 0 Å². The van der Waals surface area contributed by atoms with Crippen LogP contribution >= 0.6 is 0 Å². The number of carbonyl (C=O) groups is 1. The first-order chi connectivity index (χ1) is 15.6. The van der Waals surface area contributed by atoms with E-state index >= 15 is 0 Å². The van der Waals surface area contributed by atoms with Crippen molar-refractivity contribution in [2.24, 2.45) is 0 Å². The lowest BCUT2D eigenvalue weighted by molar-refractivity contribution is -0.0408. The normalized spacial score (nSPS) is 15.6. The van der Waals surface area contributed by atoms with Crippen molar-refractivity contribution in [3.05, 3.63) is 46.0 Å². The Bertz CT molecular complexity index is 1050. The number of pyridine rings is 1. The van der Waals surface area contributed by atoms with Gasteiger partial charge in [0.1, 0.15) is 17.6 Å². The molecule has 7 heteroatoms. The first kappa shape index (κ1) is 24.8. The first-order valence-electron chi connectivity index (χ1n) is 11.8. The van der Waals surface area contributed by atoms with Crippen LogP contribution in [-0.4, -0.2) is 40.5 Å². The maximum atomic E-state index is 13.2. The highest BCUT2D eigenvalue weighted by atomic mass is 16.5. The SMILES string of the molecule is CC[C@H](C)N(CCNc1nc(C(C)C)c2c(c1C#N)CC(C)(C)OC2)C(=O)c1ccoc1C. The molecule has 1 aliphatic heterocycles. The summed E-state index contributed by atoms with van der Waals surface area (Å²) in [6.07, 6.45) is 3.06. The lowest BCUT2D eigenvalue weighted by Gasteiger charge is -2.34. The summed E-state index contributed by atoms with van der Waals surface area (Å²) in [4.78, 5) is 19.9.